The zero-order valence-corrected chi connectivity index (χ0v) is 19.5. The van der Waals surface area contributed by atoms with Gasteiger partial charge >= 0.3 is 0 Å². The minimum Gasteiger partial charge on any atom is -0.381 e. The SMILES string of the molecule is Cn1cc(-c2ccc3c(N4CCN(c5ncc(CC6CCOCC6)cn5)CC4)cnn3c2)cn1. The molecule has 4 aromatic heterocycles. The quantitative estimate of drug-likeness (QED) is 0.455. The second kappa shape index (κ2) is 9.06. The fourth-order valence-corrected chi connectivity index (χ4v) is 5.00. The zero-order valence-electron chi connectivity index (χ0n) is 19.5. The van der Waals surface area contributed by atoms with Crippen LogP contribution in [0.2, 0.25) is 0 Å². The third-order valence-electron chi connectivity index (χ3n) is 6.99. The molecule has 2 aliphatic heterocycles. The van der Waals surface area contributed by atoms with Crippen LogP contribution < -0.4 is 9.80 Å². The molecule has 34 heavy (non-hydrogen) atoms. The molecule has 2 fully saturated rings. The van der Waals surface area contributed by atoms with Gasteiger partial charge in [0.2, 0.25) is 5.95 Å². The highest BCUT2D eigenvalue weighted by Crippen LogP contribution is 2.27. The lowest BCUT2D eigenvalue weighted by atomic mass is 9.94. The maximum Gasteiger partial charge on any atom is 0.225 e. The zero-order chi connectivity index (χ0) is 22.9. The average Bonchev–Trinajstić information content (AvgIpc) is 3.51. The molecule has 0 radical (unpaired) electrons. The fourth-order valence-electron chi connectivity index (χ4n) is 5.00. The Bertz CT molecular complexity index is 1250. The van der Waals surface area contributed by atoms with Crippen LogP contribution in [0.5, 0.6) is 0 Å². The van der Waals surface area contributed by atoms with E-state index in [1.54, 1.807) is 0 Å². The monoisotopic (exact) mass is 458 g/mol. The van der Waals surface area contributed by atoms with Crippen LogP contribution in [-0.4, -0.2) is 68.8 Å². The van der Waals surface area contributed by atoms with Gasteiger partial charge in [-0.05, 0) is 36.8 Å². The van der Waals surface area contributed by atoms with Gasteiger partial charge in [-0.25, -0.2) is 14.5 Å². The molecule has 0 N–H and O–H groups in total. The lowest BCUT2D eigenvalue weighted by molar-refractivity contribution is 0.0665. The van der Waals surface area contributed by atoms with Crippen LogP contribution in [0.25, 0.3) is 16.6 Å². The normalized spacial score (nSPS) is 17.6. The Kier molecular flexibility index (Phi) is 5.62. The third-order valence-corrected chi connectivity index (χ3v) is 6.99. The van der Waals surface area contributed by atoms with Gasteiger partial charge in [-0.1, -0.05) is 6.07 Å². The lowest BCUT2D eigenvalue weighted by Gasteiger charge is -2.35. The predicted molar refractivity (Wildman–Crippen MR) is 131 cm³/mol. The number of piperazine rings is 1. The van der Waals surface area contributed by atoms with Gasteiger partial charge in [-0.15, -0.1) is 0 Å². The molecule has 0 unspecified atom stereocenters. The standard InChI is InChI=1S/C25H30N8O/c1-30-17-22(15-28-30)21-2-3-23-24(16-29-33(23)18-21)31-6-8-32(9-7-31)25-26-13-20(14-27-25)12-19-4-10-34-11-5-19/h2-3,13-19H,4-12H2,1H3. The van der Waals surface area contributed by atoms with Crippen molar-refractivity contribution in [2.75, 3.05) is 49.2 Å². The van der Waals surface area contributed by atoms with Crippen molar-refractivity contribution >= 4 is 17.2 Å². The summed E-state index contributed by atoms with van der Waals surface area (Å²) in [5, 5.41) is 8.90. The second-order valence-corrected chi connectivity index (χ2v) is 9.31. The molecule has 0 aliphatic carbocycles. The molecule has 176 valence electrons. The molecular weight excluding hydrogens is 428 g/mol. The largest absolute Gasteiger partial charge is 0.381 e. The second-order valence-electron chi connectivity index (χ2n) is 9.31. The fraction of sp³-hybridized carbons (Fsp3) is 0.440. The third kappa shape index (κ3) is 4.23. The van der Waals surface area contributed by atoms with Crippen molar-refractivity contribution in [2.45, 2.75) is 19.3 Å². The molecule has 2 saturated heterocycles. The number of aromatic nitrogens is 6. The Balaban J connectivity index is 1.10. The average molecular weight is 459 g/mol. The van der Waals surface area contributed by atoms with Gasteiger partial charge in [0.1, 0.15) is 0 Å². The van der Waals surface area contributed by atoms with E-state index in [1.807, 2.05) is 47.2 Å². The number of fused-ring (bicyclic) bond motifs is 1. The van der Waals surface area contributed by atoms with Gasteiger partial charge in [0, 0.05) is 82.4 Å². The summed E-state index contributed by atoms with van der Waals surface area (Å²) in [6.45, 7) is 5.38. The summed E-state index contributed by atoms with van der Waals surface area (Å²) in [7, 11) is 1.93. The molecule has 0 atom stereocenters. The van der Waals surface area contributed by atoms with Gasteiger partial charge in [-0.2, -0.15) is 10.2 Å². The van der Waals surface area contributed by atoms with Crippen molar-refractivity contribution in [3.63, 3.8) is 0 Å². The van der Waals surface area contributed by atoms with E-state index in [9.17, 15) is 0 Å². The maximum absolute atomic E-state index is 5.47. The topological polar surface area (TPSA) is 76.6 Å². The number of anilines is 2. The smallest absolute Gasteiger partial charge is 0.225 e. The Morgan fingerprint density at radius 2 is 1.62 bits per heavy atom. The number of rotatable bonds is 5. The van der Waals surface area contributed by atoms with E-state index in [2.05, 4.69) is 48.3 Å². The van der Waals surface area contributed by atoms with Crippen LogP contribution in [0.15, 0.2) is 49.3 Å². The molecule has 0 bridgehead atoms. The van der Waals surface area contributed by atoms with Crippen LogP contribution >= 0.6 is 0 Å². The molecule has 4 aromatic rings. The minimum atomic E-state index is 0.693. The molecule has 9 heteroatoms. The summed E-state index contributed by atoms with van der Waals surface area (Å²) in [5.74, 6) is 1.52. The van der Waals surface area contributed by atoms with Gasteiger partial charge in [0.05, 0.1) is 23.6 Å². The number of nitrogens with zero attached hydrogens (tertiary/aromatic N) is 8. The number of pyridine rings is 1. The molecule has 6 rings (SSSR count). The van der Waals surface area contributed by atoms with Crippen LogP contribution in [0.1, 0.15) is 18.4 Å². The Morgan fingerprint density at radius 3 is 2.35 bits per heavy atom. The number of aryl methyl sites for hydroxylation is 1. The molecule has 6 heterocycles. The predicted octanol–water partition coefficient (Wildman–Crippen LogP) is 2.82. The van der Waals surface area contributed by atoms with E-state index >= 15 is 0 Å². The molecule has 0 amide bonds. The van der Waals surface area contributed by atoms with Crippen LogP contribution in [0.3, 0.4) is 0 Å². The van der Waals surface area contributed by atoms with E-state index in [1.165, 1.54) is 11.3 Å². The summed E-state index contributed by atoms with van der Waals surface area (Å²) in [5.41, 5.74) is 5.72. The van der Waals surface area contributed by atoms with E-state index < -0.39 is 0 Å². The molecule has 0 spiro atoms. The first kappa shape index (κ1) is 21.1. The first-order valence-electron chi connectivity index (χ1n) is 12.1. The number of ether oxygens (including phenoxy) is 1. The van der Waals surface area contributed by atoms with E-state index in [-0.39, 0.29) is 0 Å². The first-order chi connectivity index (χ1) is 16.7. The van der Waals surface area contributed by atoms with Gasteiger partial charge in [-0.3, -0.25) is 4.68 Å². The summed E-state index contributed by atoms with van der Waals surface area (Å²) in [6.07, 6.45) is 15.3. The molecule has 0 aromatic carbocycles. The summed E-state index contributed by atoms with van der Waals surface area (Å²) in [4.78, 5) is 14.1. The highest BCUT2D eigenvalue weighted by atomic mass is 16.5. The van der Waals surface area contributed by atoms with Gasteiger partial charge in [0.15, 0.2) is 0 Å². The minimum absolute atomic E-state index is 0.693. The summed E-state index contributed by atoms with van der Waals surface area (Å²) in [6, 6.07) is 4.29. The number of hydrogen-bond acceptors (Lipinski definition) is 7. The highest BCUT2D eigenvalue weighted by molar-refractivity contribution is 5.75. The van der Waals surface area contributed by atoms with Crippen LogP contribution in [0, 0.1) is 5.92 Å². The molecular formula is C25H30N8O. The van der Waals surface area contributed by atoms with Crippen molar-refractivity contribution < 1.29 is 4.74 Å². The molecule has 0 saturated carbocycles. The van der Waals surface area contributed by atoms with Crippen molar-refractivity contribution in [3.05, 3.63) is 54.9 Å². The van der Waals surface area contributed by atoms with Crippen LogP contribution in [0.4, 0.5) is 11.6 Å². The van der Waals surface area contributed by atoms with Crippen molar-refractivity contribution in [1.82, 2.24) is 29.4 Å². The van der Waals surface area contributed by atoms with Gasteiger partial charge in [0.25, 0.3) is 0 Å². The van der Waals surface area contributed by atoms with E-state index in [0.717, 1.165) is 81.2 Å². The highest BCUT2D eigenvalue weighted by Gasteiger charge is 2.22. The van der Waals surface area contributed by atoms with E-state index in [4.69, 9.17) is 4.74 Å². The van der Waals surface area contributed by atoms with E-state index in [0.29, 0.717) is 5.92 Å². The summed E-state index contributed by atoms with van der Waals surface area (Å²) >= 11 is 0. The van der Waals surface area contributed by atoms with Gasteiger partial charge < -0.3 is 14.5 Å². The Labute approximate surface area is 199 Å². The molecule has 9 nitrogen and oxygen atoms in total. The first-order valence-corrected chi connectivity index (χ1v) is 12.1. The Hall–Kier alpha value is -3.46. The van der Waals surface area contributed by atoms with Crippen molar-refractivity contribution in [3.8, 4) is 11.1 Å². The Morgan fingerprint density at radius 1 is 0.853 bits per heavy atom. The maximum atomic E-state index is 5.47. The molecule has 2 aliphatic rings. The van der Waals surface area contributed by atoms with Crippen LogP contribution in [-0.2, 0) is 18.2 Å². The summed E-state index contributed by atoms with van der Waals surface area (Å²) < 4.78 is 9.25. The number of hydrogen-bond donors (Lipinski definition) is 0. The van der Waals surface area contributed by atoms with Crippen molar-refractivity contribution in [1.29, 1.82) is 0 Å². The lowest BCUT2D eigenvalue weighted by Crippen LogP contribution is -2.47. The van der Waals surface area contributed by atoms with Crippen molar-refractivity contribution in [2.24, 2.45) is 13.0 Å².